The Morgan fingerprint density at radius 3 is 2.15 bits per heavy atom. The van der Waals surface area contributed by atoms with Crippen LogP contribution in [0.5, 0.6) is 6.01 Å². The molecule has 9 heteroatoms. The Kier molecular flexibility index (Phi) is 3.87. The third-order valence-corrected chi connectivity index (χ3v) is 2.26. The summed E-state index contributed by atoms with van der Waals surface area (Å²) in [4.78, 5) is 11.6. The van der Waals surface area contributed by atoms with Crippen molar-refractivity contribution < 1.29 is 17.9 Å². The summed E-state index contributed by atoms with van der Waals surface area (Å²) in [5, 5.41) is 5.20. The minimum absolute atomic E-state index is 0.00777. The maximum absolute atomic E-state index is 13.1. The Hall–Kier alpha value is -2.58. The van der Waals surface area contributed by atoms with Gasteiger partial charge < -0.3 is 15.4 Å². The van der Waals surface area contributed by atoms with Gasteiger partial charge in [0.2, 0.25) is 11.9 Å². The van der Waals surface area contributed by atoms with Crippen molar-refractivity contribution in [3.63, 3.8) is 0 Å². The van der Waals surface area contributed by atoms with Gasteiger partial charge in [0, 0.05) is 24.9 Å². The average molecular weight is 285 g/mol. The van der Waals surface area contributed by atoms with Crippen LogP contribution in [0.25, 0.3) is 0 Å². The number of nitrogens with zero attached hydrogens (tertiary/aromatic N) is 3. The first-order valence-electron chi connectivity index (χ1n) is 5.43. The van der Waals surface area contributed by atoms with Crippen LogP contribution in [0.2, 0.25) is 0 Å². The van der Waals surface area contributed by atoms with Crippen molar-refractivity contribution in [3.8, 4) is 6.01 Å². The van der Waals surface area contributed by atoms with Crippen molar-refractivity contribution in [2.45, 2.75) is 0 Å². The Balaban J connectivity index is 2.34. The topological polar surface area (TPSA) is 72.0 Å². The summed E-state index contributed by atoms with van der Waals surface area (Å²) in [5.74, 6) is -3.99. The van der Waals surface area contributed by atoms with E-state index >= 15 is 0 Å². The first kappa shape index (κ1) is 13.8. The molecule has 0 saturated heterocycles. The number of rotatable bonds is 4. The molecule has 2 N–H and O–H groups in total. The van der Waals surface area contributed by atoms with Crippen molar-refractivity contribution in [2.24, 2.45) is 0 Å². The van der Waals surface area contributed by atoms with Crippen LogP contribution < -0.4 is 15.4 Å². The van der Waals surface area contributed by atoms with Crippen molar-refractivity contribution in [2.75, 3.05) is 24.8 Å². The normalized spacial score (nSPS) is 10.2. The molecule has 0 bridgehead atoms. The van der Waals surface area contributed by atoms with Crippen LogP contribution in [-0.4, -0.2) is 29.1 Å². The molecule has 2 rings (SSSR count). The van der Waals surface area contributed by atoms with Crippen LogP contribution in [-0.2, 0) is 0 Å². The van der Waals surface area contributed by atoms with Crippen LogP contribution in [0.1, 0.15) is 0 Å². The van der Waals surface area contributed by atoms with E-state index in [0.717, 1.165) is 12.1 Å². The first-order chi connectivity index (χ1) is 9.53. The van der Waals surface area contributed by atoms with Crippen molar-refractivity contribution >= 4 is 17.6 Å². The Morgan fingerprint density at radius 2 is 1.60 bits per heavy atom. The molecule has 2 aromatic rings. The molecule has 6 nitrogen and oxygen atoms in total. The number of hydrogen-bond acceptors (Lipinski definition) is 6. The van der Waals surface area contributed by atoms with Crippen LogP contribution in [0, 0.1) is 17.5 Å². The SMILES string of the molecule is CNc1nc(Nc2cc(F)c(F)c(F)c2)nc(OC)n1. The number of anilines is 3. The van der Waals surface area contributed by atoms with Gasteiger partial charge in [-0.1, -0.05) is 0 Å². The molecule has 20 heavy (non-hydrogen) atoms. The molecule has 1 aromatic heterocycles. The summed E-state index contributed by atoms with van der Waals surface area (Å²) >= 11 is 0. The number of benzene rings is 1. The Labute approximate surface area is 112 Å². The quantitative estimate of drug-likeness (QED) is 0.838. The van der Waals surface area contributed by atoms with E-state index in [-0.39, 0.29) is 23.6 Å². The molecule has 0 saturated carbocycles. The summed E-state index contributed by atoms with van der Waals surface area (Å²) in [6.07, 6.45) is 0. The molecule has 0 atom stereocenters. The molecular formula is C11H10F3N5O. The van der Waals surface area contributed by atoms with Gasteiger partial charge in [0.15, 0.2) is 17.5 Å². The zero-order valence-electron chi connectivity index (χ0n) is 10.5. The number of aromatic nitrogens is 3. The van der Waals surface area contributed by atoms with Gasteiger partial charge in [-0.3, -0.25) is 0 Å². The maximum Gasteiger partial charge on any atom is 0.322 e. The highest BCUT2D eigenvalue weighted by atomic mass is 19.2. The van der Waals surface area contributed by atoms with Crippen molar-refractivity contribution in [1.82, 2.24) is 15.0 Å². The molecule has 1 heterocycles. The smallest absolute Gasteiger partial charge is 0.322 e. The van der Waals surface area contributed by atoms with Crippen LogP contribution >= 0.6 is 0 Å². The largest absolute Gasteiger partial charge is 0.467 e. The number of halogens is 3. The zero-order chi connectivity index (χ0) is 14.7. The van der Waals surface area contributed by atoms with E-state index in [9.17, 15) is 13.2 Å². The lowest BCUT2D eigenvalue weighted by atomic mass is 10.3. The van der Waals surface area contributed by atoms with Crippen molar-refractivity contribution in [3.05, 3.63) is 29.6 Å². The summed E-state index contributed by atoms with van der Waals surface area (Å²) < 4.78 is 43.9. The summed E-state index contributed by atoms with van der Waals surface area (Å²) in [6, 6.07) is 1.58. The van der Waals surface area contributed by atoms with Gasteiger partial charge in [-0.15, -0.1) is 0 Å². The highest BCUT2D eigenvalue weighted by molar-refractivity contribution is 5.54. The van der Waals surface area contributed by atoms with Gasteiger partial charge in [0.1, 0.15) is 0 Å². The number of ether oxygens (including phenoxy) is 1. The van der Waals surface area contributed by atoms with E-state index in [2.05, 4.69) is 25.6 Å². The van der Waals surface area contributed by atoms with Gasteiger partial charge in [0.05, 0.1) is 7.11 Å². The number of hydrogen-bond donors (Lipinski definition) is 2. The lowest BCUT2D eigenvalue weighted by Crippen LogP contribution is -2.06. The second kappa shape index (κ2) is 5.59. The standard InChI is InChI=1S/C11H10F3N5O/c1-15-9-17-10(19-11(18-9)20-2)16-5-3-6(12)8(14)7(13)4-5/h3-4H,1-2H3,(H2,15,16,17,18,19). The minimum atomic E-state index is -1.54. The lowest BCUT2D eigenvalue weighted by molar-refractivity contribution is 0.379. The van der Waals surface area contributed by atoms with Crippen molar-refractivity contribution in [1.29, 1.82) is 0 Å². The van der Waals surface area contributed by atoms with Gasteiger partial charge in [-0.05, 0) is 0 Å². The van der Waals surface area contributed by atoms with E-state index in [1.54, 1.807) is 7.05 Å². The molecule has 0 radical (unpaired) electrons. The molecule has 0 unspecified atom stereocenters. The predicted molar refractivity (Wildman–Crippen MR) is 65.5 cm³/mol. The summed E-state index contributed by atoms with van der Waals surface area (Å²) in [6.45, 7) is 0. The molecule has 0 aliphatic carbocycles. The monoisotopic (exact) mass is 285 g/mol. The van der Waals surface area contributed by atoms with Gasteiger partial charge in [-0.2, -0.15) is 15.0 Å². The minimum Gasteiger partial charge on any atom is -0.467 e. The summed E-state index contributed by atoms with van der Waals surface area (Å²) in [5.41, 5.74) is -0.0447. The molecule has 106 valence electrons. The Morgan fingerprint density at radius 1 is 1.00 bits per heavy atom. The van der Waals surface area contributed by atoms with Gasteiger partial charge in [0.25, 0.3) is 0 Å². The first-order valence-corrected chi connectivity index (χ1v) is 5.43. The maximum atomic E-state index is 13.1. The third-order valence-electron chi connectivity index (χ3n) is 2.26. The van der Waals surface area contributed by atoms with E-state index < -0.39 is 17.5 Å². The molecule has 0 aliphatic heterocycles. The number of methoxy groups -OCH3 is 1. The van der Waals surface area contributed by atoms with Gasteiger partial charge >= 0.3 is 6.01 Å². The average Bonchev–Trinajstić information content (AvgIpc) is 2.44. The van der Waals surface area contributed by atoms with E-state index in [0.29, 0.717) is 0 Å². The second-order valence-corrected chi connectivity index (χ2v) is 3.60. The van der Waals surface area contributed by atoms with E-state index in [1.165, 1.54) is 7.11 Å². The second-order valence-electron chi connectivity index (χ2n) is 3.60. The fraction of sp³-hybridized carbons (Fsp3) is 0.182. The van der Waals surface area contributed by atoms with E-state index in [4.69, 9.17) is 4.74 Å². The van der Waals surface area contributed by atoms with Crippen LogP contribution in [0.15, 0.2) is 12.1 Å². The summed E-state index contributed by atoms with van der Waals surface area (Å²) in [7, 11) is 2.94. The number of nitrogens with one attached hydrogen (secondary N) is 2. The van der Waals surface area contributed by atoms with Crippen LogP contribution in [0.3, 0.4) is 0 Å². The lowest BCUT2D eigenvalue weighted by Gasteiger charge is -2.08. The fourth-order valence-corrected chi connectivity index (χ4v) is 1.37. The van der Waals surface area contributed by atoms with Crippen LogP contribution in [0.4, 0.5) is 30.8 Å². The zero-order valence-corrected chi connectivity index (χ0v) is 10.5. The predicted octanol–water partition coefficient (Wildman–Crippen LogP) is 2.08. The molecule has 1 aromatic carbocycles. The molecule has 0 aliphatic rings. The third kappa shape index (κ3) is 2.87. The highest BCUT2D eigenvalue weighted by Gasteiger charge is 2.12. The molecule has 0 fully saturated rings. The molecule has 0 spiro atoms. The molecule has 0 amide bonds. The van der Waals surface area contributed by atoms with E-state index in [1.807, 2.05) is 0 Å². The molecular weight excluding hydrogens is 275 g/mol. The van der Waals surface area contributed by atoms with Gasteiger partial charge in [-0.25, -0.2) is 13.2 Å². The highest BCUT2D eigenvalue weighted by Crippen LogP contribution is 2.21. The Bertz CT molecular complexity index is 592. The fourth-order valence-electron chi connectivity index (χ4n) is 1.37.